The van der Waals surface area contributed by atoms with E-state index in [0.29, 0.717) is 82.4 Å². The molecule has 4 unspecified atom stereocenters. The molecule has 10 nitrogen and oxygen atoms in total. The molecule has 0 amide bonds. The molecule has 1 radical (unpaired) electrons. The molecule has 0 saturated carbocycles. The zero-order valence-corrected chi connectivity index (χ0v) is 45.6. The Hall–Kier alpha value is -5.65. The average molecular weight is 1020 g/mol. The SMILES string of the molecule is CC(C)CCCC(C)CCCC(C)CCOc1cc2c(cc1OCCC(C)CCCC(C)CCCC(C)C)-c1nc-2nc2[n-]c(nc3nc(nc4[n-]c(n1)c1ccccc41)-c1ccccc1-3)c1ccccc21.[Co+2]. The van der Waals surface area contributed by atoms with Gasteiger partial charge < -0.3 is 39.4 Å². The van der Waals surface area contributed by atoms with Gasteiger partial charge in [0.1, 0.15) is 0 Å². The smallest absolute Gasteiger partial charge is 0.490 e. The Morgan fingerprint density at radius 2 is 0.644 bits per heavy atom. The first-order valence-electron chi connectivity index (χ1n) is 27.4. The molecule has 0 N–H and O–H groups in total. The Morgan fingerprint density at radius 3 is 0.973 bits per heavy atom. The summed E-state index contributed by atoms with van der Waals surface area (Å²) in [5.74, 6) is 7.63. The molecular weight excluding hydrogens is 948 g/mol. The average Bonchev–Trinajstić information content (AvgIpc) is 4.09. The van der Waals surface area contributed by atoms with Crippen LogP contribution in [0.4, 0.5) is 0 Å². The molecule has 5 heterocycles. The van der Waals surface area contributed by atoms with Crippen LogP contribution in [-0.4, -0.2) is 43.1 Å². The van der Waals surface area contributed by atoms with Crippen LogP contribution in [0, 0.1) is 35.5 Å². The standard InChI is InChI=1S/C62H76N8O2.Co/c1-39(2)19-15-21-41(5)23-17-25-43(7)33-35-71-53-37-51-52(38-54(53)72-36-34-44(8)26-18-24-42(6)22-16-20-40(3)4)62-69-60-50-32-14-12-30-48(50)58(67-60)65-56-46-28-10-9-27-45(46)55(63-56)64-57-47-29-11-13-31-49(47)59(66-57)68-61(51)70-62;/h9-14,27-32,37-44H,15-26,33-36H2,1-8H3;/q-2;+2. The molecule has 2 aliphatic heterocycles. The largest absolute Gasteiger partial charge is 2.00 e. The van der Waals surface area contributed by atoms with Crippen molar-refractivity contribution < 1.29 is 26.3 Å². The Labute approximate surface area is 444 Å². The van der Waals surface area contributed by atoms with Crippen molar-refractivity contribution >= 4 is 44.1 Å². The van der Waals surface area contributed by atoms with Crippen molar-refractivity contribution in [2.75, 3.05) is 13.2 Å². The molecular formula is C62H76CoN8O2. The van der Waals surface area contributed by atoms with Crippen molar-refractivity contribution in [3.8, 4) is 57.1 Å². The molecule has 9 rings (SSSR count). The van der Waals surface area contributed by atoms with Crippen molar-refractivity contribution in [3.05, 3.63) is 84.9 Å². The summed E-state index contributed by atoms with van der Waals surface area (Å²) in [4.78, 5) is 41.1. The summed E-state index contributed by atoms with van der Waals surface area (Å²) in [6.45, 7) is 20.0. The molecule has 73 heavy (non-hydrogen) atoms. The van der Waals surface area contributed by atoms with E-state index in [1.54, 1.807) is 0 Å². The second-order valence-corrected chi connectivity index (χ2v) is 22.2. The van der Waals surface area contributed by atoms with E-state index in [2.05, 4.69) is 67.5 Å². The topological polar surface area (TPSA) is 124 Å². The van der Waals surface area contributed by atoms with Crippen LogP contribution in [0.1, 0.15) is 145 Å². The number of hydrogen-bond donors (Lipinski definition) is 0. The van der Waals surface area contributed by atoms with Crippen molar-refractivity contribution in [3.63, 3.8) is 0 Å². The zero-order chi connectivity index (χ0) is 50.1. The summed E-state index contributed by atoms with van der Waals surface area (Å²) in [5, 5.41) is 3.49. The van der Waals surface area contributed by atoms with Crippen LogP contribution < -0.4 is 19.4 Å². The minimum absolute atomic E-state index is 0. The van der Waals surface area contributed by atoms with Gasteiger partial charge in [0.05, 0.1) is 36.5 Å². The number of ether oxygens (including phenoxy) is 2. The van der Waals surface area contributed by atoms with Gasteiger partial charge in [-0.05, 0) is 82.0 Å². The van der Waals surface area contributed by atoms with Crippen molar-refractivity contribution in [1.29, 1.82) is 0 Å². The minimum Gasteiger partial charge on any atom is -0.490 e. The normalized spacial score (nSPS) is 13.7. The van der Waals surface area contributed by atoms with Crippen LogP contribution in [-0.2, 0) is 16.8 Å². The first-order valence-corrected chi connectivity index (χ1v) is 27.4. The number of rotatable bonds is 24. The van der Waals surface area contributed by atoms with Crippen LogP contribution in [0.5, 0.6) is 11.5 Å². The van der Waals surface area contributed by atoms with Crippen molar-refractivity contribution in [2.45, 2.75) is 145 Å². The van der Waals surface area contributed by atoms with E-state index in [-0.39, 0.29) is 16.8 Å². The van der Waals surface area contributed by atoms with Gasteiger partial charge in [-0.3, -0.25) is 0 Å². The van der Waals surface area contributed by atoms with Crippen LogP contribution in [0.15, 0.2) is 84.9 Å². The van der Waals surface area contributed by atoms with Crippen LogP contribution in [0.3, 0.4) is 0 Å². The number of fused-ring (bicyclic) bond motifs is 20. The van der Waals surface area contributed by atoms with E-state index in [4.69, 9.17) is 49.3 Å². The van der Waals surface area contributed by atoms with Gasteiger partial charge in [-0.15, -0.1) is 0 Å². The zero-order valence-electron chi connectivity index (χ0n) is 44.6. The fourth-order valence-corrected chi connectivity index (χ4v) is 10.4. The molecule has 385 valence electrons. The van der Waals surface area contributed by atoms with Gasteiger partial charge in [0, 0.05) is 44.8 Å². The van der Waals surface area contributed by atoms with Gasteiger partial charge in [-0.2, -0.15) is 0 Å². The summed E-state index contributed by atoms with van der Waals surface area (Å²) in [6.07, 6.45) is 17.3. The quantitative estimate of drug-likeness (QED) is 0.0578. The number of benzene rings is 4. The molecule has 4 atom stereocenters. The van der Waals surface area contributed by atoms with Crippen LogP contribution >= 0.6 is 0 Å². The molecule has 2 aliphatic rings. The van der Waals surface area contributed by atoms with E-state index in [1.807, 2.05) is 72.8 Å². The van der Waals surface area contributed by atoms with Gasteiger partial charge in [0.15, 0.2) is 11.5 Å². The van der Waals surface area contributed by atoms with Gasteiger partial charge in [0.2, 0.25) is 0 Å². The molecule has 8 bridgehead atoms. The maximum Gasteiger partial charge on any atom is 2.00 e. The Balaban J connectivity index is 0.00000711. The number of nitrogens with zero attached hydrogens (tertiary/aromatic N) is 8. The molecule has 0 aliphatic carbocycles. The van der Waals surface area contributed by atoms with Gasteiger partial charge in [-0.25, -0.2) is 9.97 Å². The van der Waals surface area contributed by atoms with E-state index >= 15 is 0 Å². The second kappa shape index (κ2) is 25.1. The number of aromatic nitrogens is 8. The summed E-state index contributed by atoms with van der Waals surface area (Å²) >= 11 is 0. The molecule has 0 saturated heterocycles. The summed E-state index contributed by atoms with van der Waals surface area (Å²) in [7, 11) is 0. The molecule has 0 spiro atoms. The first-order chi connectivity index (χ1) is 35.0. The van der Waals surface area contributed by atoms with Gasteiger partial charge >= 0.3 is 16.8 Å². The fraction of sp³-hybridized carbons (Fsp3) is 0.484. The van der Waals surface area contributed by atoms with Crippen molar-refractivity contribution in [1.82, 2.24) is 39.9 Å². The minimum atomic E-state index is 0. The summed E-state index contributed by atoms with van der Waals surface area (Å²) in [6, 6.07) is 28.3. The molecule has 3 aromatic heterocycles. The summed E-state index contributed by atoms with van der Waals surface area (Å²) < 4.78 is 13.6. The van der Waals surface area contributed by atoms with Crippen molar-refractivity contribution in [2.24, 2.45) is 35.5 Å². The first kappa shape index (κ1) is 53.6. The predicted molar refractivity (Wildman–Crippen MR) is 296 cm³/mol. The monoisotopic (exact) mass is 1020 g/mol. The van der Waals surface area contributed by atoms with Gasteiger partial charge in [0.25, 0.3) is 0 Å². The third kappa shape index (κ3) is 13.4. The maximum atomic E-state index is 6.80. The Kier molecular flexibility index (Phi) is 18.4. The predicted octanol–water partition coefficient (Wildman–Crippen LogP) is 16.2. The molecule has 11 heteroatoms. The fourth-order valence-electron chi connectivity index (χ4n) is 10.4. The summed E-state index contributed by atoms with van der Waals surface area (Å²) in [5.41, 5.74) is 5.48. The maximum absolute atomic E-state index is 6.80. The van der Waals surface area contributed by atoms with E-state index < -0.39 is 0 Å². The number of hydrogen-bond acceptors (Lipinski definition) is 8. The van der Waals surface area contributed by atoms with E-state index in [9.17, 15) is 0 Å². The molecule has 4 aromatic carbocycles. The van der Waals surface area contributed by atoms with Crippen LogP contribution in [0.25, 0.3) is 89.7 Å². The second-order valence-electron chi connectivity index (χ2n) is 22.2. The molecule has 7 aromatic rings. The van der Waals surface area contributed by atoms with Gasteiger partial charge in [-0.1, -0.05) is 205 Å². The van der Waals surface area contributed by atoms with Crippen LogP contribution in [0.2, 0.25) is 0 Å². The van der Waals surface area contributed by atoms with E-state index in [0.717, 1.165) is 80.3 Å². The third-order valence-electron chi connectivity index (χ3n) is 15.0. The Bertz CT molecular complexity index is 2920. The third-order valence-corrected chi connectivity index (χ3v) is 15.0. The Morgan fingerprint density at radius 1 is 0.356 bits per heavy atom. The van der Waals surface area contributed by atoms with E-state index in [1.165, 1.54) is 77.0 Å². The molecule has 0 fully saturated rings.